The number of amides is 1. The molecule has 0 N–H and O–H groups in total. The minimum atomic E-state index is -0.397. The third kappa shape index (κ3) is 4.08. The second-order valence-electron chi connectivity index (χ2n) is 5.89. The molecular weight excluding hydrogens is 406 g/mol. The van der Waals surface area contributed by atoms with Gasteiger partial charge in [0, 0.05) is 5.56 Å². The predicted octanol–water partition coefficient (Wildman–Crippen LogP) is 3.98. The van der Waals surface area contributed by atoms with Crippen molar-refractivity contribution in [2.45, 2.75) is 0 Å². The highest BCUT2D eigenvalue weighted by Gasteiger charge is 2.18. The van der Waals surface area contributed by atoms with Gasteiger partial charge in [0.25, 0.3) is 5.91 Å². The quantitative estimate of drug-likeness (QED) is 0.457. The SMILES string of the molecule is COc1ccc(-n2nc(C(=O)c3cccs3)sc2=NC(=O)c2ccccc2)cc1. The summed E-state index contributed by atoms with van der Waals surface area (Å²) in [6.45, 7) is 0. The number of methoxy groups -OCH3 is 1. The number of rotatable bonds is 5. The normalized spacial score (nSPS) is 11.4. The van der Waals surface area contributed by atoms with E-state index in [2.05, 4.69) is 10.1 Å². The van der Waals surface area contributed by atoms with Crippen LogP contribution in [-0.4, -0.2) is 28.6 Å². The van der Waals surface area contributed by atoms with Crippen molar-refractivity contribution in [3.8, 4) is 11.4 Å². The average Bonchev–Trinajstić information content (AvgIpc) is 3.44. The molecule has 8 heteroatoms. The lowest BCUT2D eigenvalue weighted by molar-refractivity contribution is 0.0996. The van der Waals surface area contributed by atoms with Gasteiger partial charge in [0.2, 0.25) is 10.6 Å². The number of benzene rings is 2. The summed E-state index contributed by atoms with van der Waals surface area (Å²) in [6.07, 6.45) is 0. The largest absolute Gasteiger partial charge is 0.497 e. The van der Waals surface area contributed by atoms with E-state index in [-0.39, 0.29) is 10.8 Å². The predicted molar refractivity (Wildman–Crippen MR) is 112 cm³/mol. The number of nitrogens with zero attached hydrogens (tertiary/aromatic N) is 3. The van der Waals surface area contributed by atoms with Gasteiger partial charge < -0.3 is 4.74 Å². The fourth-order valence-electron chi connectivity index (χ4n) is 2.58. The van der Waals surface area contributed by atoms with E-state index in [1.54, 1.807) is 61.7 Å². The van der Waals surface area contributed by atoms with Crippen LogP contribution in [0.5, 0.6) is 5.75 Å². The molecule has 0 unspecified atom stereocenters. The first-order valence-corrected chi connectivity index (χ1v) is 10.3. The van der Waals surface area contributed by atoms with Crippen LogP contribution in [0.25, 0.3) is 5.69 Å². The van der Waals surface area contributed by atoms with Crippen molar-refractivity contribution in [2.24, 2.45) is 4.99 Å². The second kappa shape index (κ2) is 8.34. The molecule has 0 spiro atoms. The van der Waals surface area contributed by atoms with Gasteiger partial charge in [-0.1, -0.05) is 35.6 Å². The number of aromatic nitrogens is 2. The van der Waals surface area contributed by atoms with E-state index in [0.717, 1.165) is 11.3 Å². The summed E-state index contributed by atoms with van der Waals surface area (Å²) >= 11 is 2.43. The molecule has 0 fully saturated rings. The second-order valence-corrected chi connectivity index (χ2v) is 7.79. The van der Waals surface area contributed by atoms with Gasteiger partial charge in [-0.05, 0) is 47.8 Å². The van der Waals surface area contributed by atoms with E-state index in [1.807, 2.05) is 17.5 Å². The Kier molecular flexibility index (Phi) is 5.46. The summed E-state index contributed by atoms with van der Waals surface area (Å²) < 4.78 is 6.70. The van der Waals surface area contributed by atoms with Crippen LogP contribution in [0.3, 0.4) is 0 Å². The lowest BCUT2D eigenvalue weighted by Crippen LogP contribution is -2.16. The van der Waals surface area contributed by atoms with E-state index in [9.17, 15) is 9.59 Å². The Hall–Kier alpha value is -3.36. The van der Waals surface area contributed by atoms with Crippen LogP contribution in [0.1, 0.15) is 25.0 Å². The van der Waals surface area contributed by atoms with Gasteiger partial charge in [-0.25, -0.2) is 4.68 Å². The highest BCUT2D eigenvalue weighted by atomic mass is 32.1. The van der Waals surface area contributed by atoms with Crippen molar-refractivity contribution in [1.29, 1.82) is 0 Å². The van der Waals surface area contributed by atoms with Crippen molar-refractivity contribution in [2.75, 3.05) is 7.11 Å². The lowest BCUT2D eigenvalue weighted by atomic mass is 10.2. The van der Waals surface area contributed by atoms with Crippen molar-refractivity contribution >= 4 is 34.4 Å². The topological polar surface area (TPSA) is 73.6 Å². The summed E-state index contributed by atoms with van der Waals surface area (Å²) in [7, 11) is 1.59. The maximum Gasteiger partial charge on any atom is 0.279 e. The molecule has 2 aromatic carbocycles. The van der Waals surface area contributed by atoms with Gasteiger partial charge in [-0.3, -0.25) is 9.59 Å². The number of carbonyl (C=O) groups excluding carboxylic acids is 2. The van der Waals surface area contributed by atoms with Gasteiger partial charge in [0.15, 0.2) is 5.01 Å². The molecule has 0 aliphatic heterocycles. The van der Waals surface area contributed by atoms with E-state index < -0.39 is 5.91 Å². The fraction of sp³-hybridized carbons (Fsp3) is 0.0476. The van der Waals surface area contributed by atoms with Crippen molar-refractivity contribution in [1.82, 2.24) is 9.78 Å². The number of carbonyl (C=O) groups is 2. The van der Waals surface area contributed by atoms with E-state index in [0.29, 0.717) is 26.7 Å². The van der Waals surface area contributed by atoms with Gasteiger partial charge in [0.1, 0.15) is 5.75 Å². The first-order chi connectivity index (χ1) is 14.2. The Bertz CT molecular complexity index is 1210. The molecule has 4 aromatic rings. The summed E-state index contributed by atoms with van der Waals surface area (Å²) in [6, 6.07) is 19.5. The minimum absolute atomic E-state index is 0.194. The highest BCUT2D eigenvalue weighted by molar-refractivity contribution is 7.15. The molecule has 0 radical (unpaired) electrons. The molecule has 6 nitrogen and oxygen atoms in total. The van der Waals surface area contributed by atoms with Crippen LogP contribution in [0.2, 0.25) is 0 Å². The summed E-state index contributed by atoms with van der Waals surface area (Å²) in [5, 5.41) is 6.55. The Balaban J connectivity index is 1.82. The minimum Gasteiger partial charge on any atom is -0.497 e. The maximum absolute atomic E-state index is 12.8. The molecule has 0 aliphatic rings. The summed E-state index contributed by atoms with van der Waals surface area (Å²) in [5.41, 5.74) is 1.14. The van der Waals surface area contributed by atoms with Crippen LogP contribution >= 0.6 is 22.7 Å². The highest BCUT2D eigenvalue weighted by Crippen LogP contribution is 2.18. The van der Waals surface area contributed by atoms with E-state index in [1.165, 1.54) is 16.0 Å². The Morgan fingerprint density at radius 2 is 1.76 bits per heavy atom. The van der Waals surface area contributed by atoms with Crippen LogP contribution in [0.4, 0.5) is 0 Å². The van der Waals surface area contributed by atoms with Crippen LogP contribution in [-0.2, 0) is 0 Å². The van der Waals surface area contributed by atoms with Crippen LogP contribution in [0.15, 0.2) is 77.1 Å². The molecule has 0 aliphatic carbocycles. The Morgan fingerprint density at radius 3 is 2.41 bits per heavy atom. The summed E-state index contributed by atoms with van der Waals surface area (Å²) in [5.74, 6) is 0.103. The standard InChI is InChI=1S/C21H15N3O3S2/c1-27-16-11-9-15(10-12-16)24-21(22-19(26)14-6-3-2-4-7-14)29-20(23-24)18(25)17-8-5-13-28-17/h2-13H,1H3. The first kappa shape index (κ1) is 19.0. The molecular formula is C21H15N3O3S2. The van der Waals surface area contributed by atoms with Gasteiger partial charge in [0.05, 0.1) is 17.7 Å². The Labute approximate surface area is 174 Å². The van der Waals surface area contributed by atoms with Gasteiger partial charge >= 0.3 is 0 Å². The fourth-order valence-corrected chi connectivity index (χ4v) is 4.17. The molecule has 0 bridgehead atoms. The van der Waals surface area contributed by atoms with Crippen molar-refractivity contribution in [3.63, 3.8) is 0 Å². The number of ketones is 1. The van der Waals surface area contributed by atoms with Crippen molar-refractivity contribution < 1.29 is 14.3 Å². The summed E-state index contributed by atoms with van der Waals surface area (Å²) in [4.78, 5) is 30.5. The monoisotopic (exact) mass is 421 g/mol. The van der Waals surface area contributed by atoms with E-state index >= 15 is 0 Å². The molecule has 0 saturated heterocycles. The maximum atomic E-state index is 12.8. The first-order valence-electron chi connectivity index (χ1n) is 8.62. The molecule has 4 rings (SSSR count). The van der Waals surface area contributed by atoms with Crippen LogP contribution in [0, 0.1) is 0 Å². The zero-order chi connectivity index (χ0) is 20.2. The van der Waals surface area contributed by atoms with Gasteiger partial charge in [-0.2, -0.15) is 10.1 Å². The smallest absolute Gasteiger partial charge is 0.279 e. The van der Waals surface area contributed by atoms with Crippen molar-refractivity contribution in [3.05, 3.63) is 92.4 Å². The van der Waals surface area contributed by atoms with Crippen LogP contribution < -0.4 is 9.54 Å². The molecule has 1 amide bonds. The molecule has 144 valence electrons. The molecule has 2 aromatic heterocycles. The average molecular weight is 422 g/mol. The molecule has 2 heterocycles. The van der Waals surface area contributed by atoms with E-state index in [4.69, 9.17) is 4.74 Å². The number of ether oxygens (including phenoxy) is 1. The number of hydrogen-bond acceptors (Lipinski definition) is 6. The third-order valence-electron chi connectivity index (χ3n) is 4.03. The zero-order valence-corrected chi connectivity index (χ0v) is 16.9. The third-order valence-corrected chi connectivity index (χ3v) is 5.81. The van der Waals surface area contributed by atoms with Gasteiger partial charge in [-0.15, -0.1) is 11.3 Å². The lowest BCUT2D eigenvalue weighted by Gasteiger charge is -2.03. The number of hydrogen-bond donors (Lipinski definition) is 0. The number of thiophene rings is 1. The molecule has 0 saturated carbocycles. The molecule has 0 atom stereocenters. The zero-order valence-electron chi connectivity index (χ0n) is 15.3. The Morgan fingerprint density at radius 1 is 1.00 bits per heavy atom. The molecule has 29 heavy (non-hydrogen) atoms.